The second-order valence-electron chi connectivity index (χ2n) is 6.53. The van der Waals surface area contributed by atoms with E-state index in [0.717, 1.165) is 5.56 Å². The van der Waals surface area contributed by atoms with Gasteiger partial charge in [0.1, 0.15) is 5.92 Å². The largest absolute Gasteiger partial charge is 0.324 e. The average molecular weight is 343 g/mol. The van der Waals surface area contributed by atoms with Crippen LogP contribution in [0.25, 0.3) is 0 Å². The van der Waals surface area contributed by atoms with Crippen molar-refractivity contribution in [1.29, 1.82) is 0 Å². The number of Topliss-reactive ketones (excluding diaryl/α,β-unsaturated/α-hetero) is 1. The van der Waals surface area contributed by atoms with Gasteiger partial charge in [-0.25, -0.2) is 0 Å². The van der Waals surface area contributed by atoms with Crippen LogP contribution in [0.3, 0.4) is 0 Å². The van der Waals surface area contributed by atoms with Crippen molar-refractivity contribution in [3.05, 3.63) is 96.1 Å². The Morgan fingerprint density at radius 2 is 1.46 bits per heavy atom. The molecule has 0 N–H and O–H groups in total. The summed E-state index contributed by atoms with van der Waals surface area (Å²) in [5, 5.41) is 0. The molecule has 128 valence electrons. The molecule has 1 saturated heterocycles. The monoisotopic (exact) mass is 343 g/mol. The standard InChI is InChI=1S/C22H17NO3/c24-18-11-13-22(14-12-18)19(20(25)17-9-5-2-6-10-17)21(26)23(22)15-16-7-3-1-4-8-16/h1-14,19H,15H2/t19-/m0/s1. The van der Waals surface area contributed by atoms with E-state index >= 15 is 0 Å². The van der Waals surface area contributed by atoms with Crippen LogP contribution in [0.5, 0.6) is 0 Å². The van der Waals surface area contributed by atoms with E-state index in [9.17, 15) is 14.4 Å². The van der Waals surface area contributed by atoms with Crippen molar-refractivity contribution in [2.75, 3.05) is 0 Å². The van der Waals surface area contributed by atoms with E-state index in [2.05, 4.69) is 0 Å². The van der Waals surface area contributed by atoms with Gasteiger partial charge < -0.3 is 4.90 Å². The molecule has 1 spiro atoms. The predicted octanol–water partition coefficient (Wildman–Crippen LogP) is 2.96. The van der Waals surface area contributed by atoms with Crippen molar-refractivity contribution in [3.63, 3.8) is 0 Å². The van der Waals surface area contributed by atoms with E-state index in [1.54, 1.807) is 41.3 Å². The Morgan fingerprint density at radius 3 is 2.08 bits per heavy atom. The number of benzene rings is 2. The molecular formula is C22H17NO3. The summed E-state index contributed by atoms with van der Waals surface area (Å²) in [4.78, 5) is 39.2. The summed E-state index contributed by atoms with van der Waals surface area (Å²) in [7, 11) is 0. The maximum atomic E-state index is 13.0. The van der Waals surface area contributed by atoms with Gasteiger partial charge in [-0.3, -0.25) is 14.4 Å². The Hall–Kier alpha value is -3.27. The normalized spacial score (nSPS) is 20.3. The van der Waals surface area contributed by atoms with Gasteiger partial charge in [-0.05, 0) is 29.9 Å². The number of likely N-dealkylation sites (tertiary alicyclic amines) is 1. The van der Waals surface area contributed by atoms with Crippen molar-refractivity contribution in [3.8, 4) is 0 Å². The number of rotatable bonds is 4. The maximum absolute atomic E-state index is 13.0. The van der Waals surface area contributed by atoms with Crippen LogP contribution < -0.4 is 0 Å². The van der Waals surface area contributed by atoms with Gasteiger partial charge in [-0.2, -0.15) is 0 Å². The number of hydrogen-bond acceptors (Lipinski definition) is 3. The van der Waals surface area contributed by atoms with Crippen LogP contribution in [0.1, 0.15) is 15.9 Å². The van der Waals surface area contributed by atoms with Gasteiger partial charge in [0.2, 0.25) is 5.91 Å². The lowest BCUT2D eigenvalue weighted by molar-refractivity contribution is -0.157. The second kappa shape index (κ2) is 6.23. The minimum Gasteiger partial charge on any atom is -0.324 e. The summed E-state index contributed by atoms with van der Waals surface area (Å²) < 4.78 is 0. The number of amides is 1. The molecule has 4 nitrogen and oxygen atoms in total. The summed E-state index contributed by atoms with van der Waals surface area (Å²) >= 11 is 0. The lowest BCUT2D eigenvalue weighted by atomic mass is 9.67. The minimum absolute atomic E-state index is 0.138. The highest BCUT2D eigenvalue weighted by Gasteiger charge is 2.60. The van der Waals surface area contributed by atoms with Gasteiger partial charge >= 0.3 is 0 Å². The van der Waals surface area contributed by atoms with Crippen molar-refractivity contribution in [2.45, 2.75) is 12.1 Å². The molecule has 4 rings (SSSR count). The summed E-state index contributed by atoms with van der Waals surface area (Å²) in [5.74, 6) is -1.41. The quantitative estimate of drug-likeness (QED) is 0.487. The molecular weight excluding hydrogens is 326 g/mol. The average Bonchev–Trinajstić information content (AvgIpc) is 2.69. The number of carbonyl (C=O) groups excluding carboxylic acids is 3. The van der Waals surface area contributed by atoms with Crippen LogP contribution in [0, 0.1) is 5.92 Å². The van der Waals surface area contributed by atoms with Crippen LogP contribution in [0.4, 0.5) is 0 Å². The number of nitrogens with zero attached hydrogens (tertiary/aromatic N) is 1. The lowest BCUT2D eigenvalue weighted by Gasteiger charge is -2.54. The molecule has 4 heteroatoms. The first kappa shape index (κ1) is 16.2. The first-order valence-electron chi connectivity index (χ1n) is 8.49. The molecule has 0 saturated carbocycles. The van der Waals surface area contributed by atoms with Gasteiger partial charge in [0, 0.05) is 12.1 Å². The van der Waals surface area contributed by atoms with E-state index in [4.69, 9.17) is 0 Å². The van der Waals surface area contributed by atoms with Gasteiger partial charge in [-0.15, -0.1) is 0 Å². The van der Waals surface area contributed by atoms with E-state index in [-0.39, 0.29) is 17.5 Å². The predicted molar refractivity (Wildman–Crippen MR) is 97.3 cm³/mol. The van der Waals surface area contributed by atoms with E-state index in [0.29, 0.717) is 12.1 Å². The van der Waals surface area contributed by atoms with Crippen LogP contribution in [-0.2, 0) is 16.1 Å². The molecule has 26 heavy (non-hydrogen) atoms. The Labute approximate surface area is 151 Å². The van der Waals surface area contributed by atoms with Gasteiger partial charge in [0.25, 0.3) is 0 Å². The van der Waals surface area contributed by atoms with Crippen LogP contribution in [-0.4, -0.2) is 27.9 Å². The molecule has 1 amide bonds. The molecule has 1 aliphatic heterocycles. The number of hydrogen-bond donors (Lipinski definition) is 0. The maximum Gasteiger partial charge on any atom is 0.237 e. The Balaban J connectivity index is 1.70. The summed E-state index contributed by atoms with van der Waals surface area (Å²) in [6, 6.07) is 18.4. The molecule has 0 aromatic heterocycles. The Kier molecular flexibility index (Phi) is 3.88. The van der Waals surface area contributed by atoms with Crippen molar-refractivity contribution in [2.24, 2.45) is 5.92 Å². The van der Waals surface area contributed by atoms with Gasteiger partial charge in [0.15, 0.2) is 11.6 Å². The molecule has 1 atom stereocenters. The first-order valence-corrected chi connectivity index (χ1v) is 8.49. The molecule has 0 bridgehead atoms. The first-order chi connectivity index (χ1) is 12.6. The summed E-state index contributed by atoms with van der Waals surface area (Å²) in [6.07, 6.45) is 6.25. The fraction of sp³-hybridized carbons (Fsp3) is 0.136. The zero-order valence-electron chi connectivity index (χ0n) is 14.0. The highest BCUT2D eigenvalue weighted by molar-refractivity contribution is 6.16. The SMILES string of the molecule is O=C1C=CC2(C=C1)[C@@H](C(=O)c1ccccc1)C(=O)N2Cc1ccccc1. The highest BCUT2D eigenvalue weighted by Crippen LogP contribution is 2.44. The zero-order valence-corrected chi connectivity index (χ0v) is 14.0. The third kappa shape index (κ3) is 2.51. The zero-order chi connectivity index (χ0) is 18.1. The van der Waals surface area contributed by atoms with Crippen molar-refractivity contribution in [1.82, 2.24) is 4.90 Å². The van der Waals surface area contributed by atoms with Crippen molar-refractivity contribution >= 4 is 17.5 Å². The minimum atomic E-state index is -0.881. The summed E-state index contributed by atoms with van der Waals surface area (Å²) in [6.45, 7) is 0.390. The smallest absolute Gasteiger partial charge is 0.237 e. The van der Waals surface area contributed by atoms with Crippen molar-refractivity contribution < 1.29 is 14.4 Å². The number of allylic oxidation sites excluding steroid dienone is 2. The molecule has 2 aliphatic rings. The van der Waals surface area contributed by atoms with Crippen LogP contribution in [0.2, 0.25) is 0 Å². The van der Waals surface area contributed by atoms with Gasteiger partial charge in [0.05, 0.1) is 5.54 Å². The fourth-order valence-corrected chi connectivity index (χ4v) is 3.62. The van der Waals surface area contributed by atoms with E-state index in [1.165, 1.54) is 12.2 Å². The topological polar surface area (TPSA) is 54.5 Å². The highest BCUT2D eigenvalue weighted by atomic mass is 16.2. The second-order valence-corrected chi connectivity index (χ2v) is 6.53. The number of carbonyl (C=O) groups is 3. The number of β-lactam (4-membered cyclic amide) rings is 1. The Bertz CT molecular complexity index is 912. The third-order valence-corrected chi connectivity index (χ3v) is 4.98. The van der Waals surface area contributed by atoms with Crippen LogP contribution in [0.15, 0.2) is 85.0 Å². The molecule has 2 aromatic carbocycles. The molecule has 1 aliphatic carbocycles. The lowest BCUT2D eigenvalue weighted by Crippen LogP contribution is -2.71. The van der Waals surface area contributed by atoms with E-state index < -0.39 is 11.5 Å². The third-order valence-electron chi connectivity index (χ3n) is 4.98. The molecule has 0 radical (unpaired) electrons. The molecule has 1 heterocycles. The fourth-order valence-electron chi connectivity index (χ4n) is 3.62. The van der Waals surface area contributed by atoms with E-state index in [1.807, 2.05) is 36.4 Å². The molecule has 1 fully saturated rings. The Morgan fingerprint density at radius 1 is 0.885 bits per heavy atom. The summed E-state index contributed by atoms with van der Waals surface area (Å²) in [5.41, 5.74) is 0.598. The van der Waals surface area contributed by atoms with Crippen LogP contribution >= 0.6 is 0 Å². The number of ketones is 2. The molecule has 2 aromatic rings. The molecule has 0 unspecified atom stereocenters. The van der Waals surface area contributed by atoms with Gasteiger partial charge in [-0.1, -0.05) is 60.7 Å².